The number of hydrogen-bond acceptors (Lipinski definition) is 10. The lowest BCUT2D eigenvalue weighted by Gasteiger charge is -2.43. The molecule has 2 saturated heterocycles. The van der Waals surface area contributed by atoms with Gasteiger partial charge in [0.15, 0.2) is 5.01 Å². The predicted molar refractivity (Wildman–Crippen MR) is 170 cm³/mol. The number of carbonyl (C=O) groups excluding carboxylic acids is 3. The van der Waals surface area contributed by atoms with E-state index >= 15 is 0 Å². The minimum absolute atomic E-state index is 0. The second-order valence-corrected chi connectivity index (χ2v) is 14.8. The van der Waals surface area contributed by atoms with Crippen LogP contribution in [0.3, 0.4) is 0 Å². The Hall–Kier alpha value is -2.85. The highest BCUT2D eigenvalue weighted by Gasteiger charge is 2.43. The predicted octanol–water partition coefficient (Wildman–Crippen LogP) is 0.815. The highest BCUT2D eigenvalue weighted by molar-refractivity contribution is 7.89. The topological polar surface area (TPSA) is 146 Å². The molecule has 0 bridgehead atoms. The van der Waals surface area contributed by atoms with E-state index in [9.17, 15) is 27.9 Å². The first kappa shape index (κ1) is 33.5. The molecule has 0 aliphatic carbocycles. The van der Waals surface area contributed by atoms with Gasteiger partial charge in [-0.05, 0) is 42.0 Å². The Balaban J connectivity index is 0.00000400. The fourth-order valence-corrected chi connectivity index (χ4v) is 8.63. The fourth-order valence-electron chi connectivity index (χ4n) is 5.98. The quantitative estimate of drug-likeness (QED) is 0.396. The van der Waals surface area contributed by atoms with Crippen LogP contribution in [0.4, 0.5) is 0 Å². The largest absolute Gasteiger partial charge is 0.549 e. The molecular formula is C29H33Cl2N6O6S2-. The van der Waals surface area contributed by atoms with E-state index in [0.29, 0.717) is 36.5 Å². The van der Waals surface area contributed by atoms with E-state index in [2.05, 4.69) is 17.2 Å². The van der Waals surface area contributed by atoms with Crippen LogP contribution in [0.25, 0.3) is 10.8 Å². The molecule has 1 N–H and O–H groups in total. The number of thiazole rings is 1. The van der Waals surface area contributed by atoms with Gasteiger partial charge in [0.25, 0.3) is 5.91 Å². The van der Waals surface area contributed by atoms with E-state index in [1.807, 2.05) is 0 Å². The van der Waals surface area contributed by atoms with Gasteiger partial charge >= 0.3 is 0 Å². The summed E-state index contributed by atoms with van der Waals surface area (Å²) >= 11 is 7.40. The second-order valence-electron chi connectivity index (χ2n) is 11.4. The molecule has 3 aromatic rings. The minimum atomic E-state index is -4.02. The lowest BCUT2D eigenvalue weighted by Crippen LogP contribution is -2.63. The Morgan fingerprint density at radius 1 is 1.04 bits per heavy atom. The Bertz CT molecular complexity index is 1730. The van der Waals surface area contributed by atoms with Crippen molar-refractivity contribution >= 4 is 73.9 Å². The number of carbonyl (C=O) groups is 3. The Morgan fingerprint density at radius 3 is 2.49 bits per heavy atom. The number of nitrogens with one attached hydrogen (secondary N) is 1. The molecule has 3 aliphatic heterocycles. The summed E-state index contributed by atoms with van der Waals surface area (Å²) < 4.78 is 29.0. The molecule has 6 rings (SSSR count). The second kappa shape index (κ2) is 13.5. The molecule has 2 unspecified atom stereocenters. The minimum Gasteiger partial charge on any atom is -0.549 e. The van der Waals surface area contributed by atoms with Gasteiger partial charge in [-0.1, -0.05) is 23.7 Å². The van der Waals surface area contributed by atoms with Crippen LogP contribution in [0.2, 0.25) is 5.02 Å². The molecule has 2 atom stereocenters. The number of hydrogen-bond donors (Lipinski definition) is 1. The molecule has 0 radical (unpaired) electrons. The van der Waals surface area contributed by atoms with E-state index in [-0.39, 0.29) is 73.5 Å². The van der Waals surface area contributed by atoms with Crippen LogP contribution in [-0.2, 0) is 32.6 Å². The van der Waals surface area contributed by atoms with E-state index in [1.165, 1.54) is 26.6 Å². The van der Waals surface area contributed by atoms with Crippen molar-refractivity contribution in [3.63, 3.8) is 0 Å². The van der Waals surface area contributed by atoms with Crippen molar-refractivity contribution in [1.82, 2.24) is 29.3 Å². The standard InChI is InChI=1S/C29H33ClN6O6S2.ClH/c1-18-12-23-25(15-31-18)43-27(32-23)29(40)36-11-10-35(16-24(36)28(39)34-8-6-33(7-9-34)17-26(37)38)44(41,42)22-5-3-19-13-21(30)4-2-20(19)14-22;/h2-5,13-14,18,24,31H,6-12,15-17H2,1H3,(H,37,38);1H/p-1. The zero-order valence-electron chi connectivity index (χ0n) is 24.5. The number of aliphatic carboxylic acids is 1. The Kier molecular flexibility index (Phi) is 10.0. The Morgan fingerprint density at radius 2 is 1.76 bits per heavy atom. The zero-order chi connectivity index (χ0) is 31.2. The van der Waals surface area contributed by atoms with Crippen molar-refractivity contribution < 1.29 is 27.9 Å². The van der Waals surface area contributed by atoms with Gasteiger partial charge in [-0.2, -0.15) is 4.31 Å². The molecule has 1 aromatic heterocycles. The lowest BCUT2D eigenvalue weighted by molar-refractivity contribution is -0.306. The smallest absolute Gasteiger partial charge is 0.283 e. The van der Waals surface area contributed by atoms with Crippen molar-refractivity contribution in [3.05, 3.63) is 57.0 Å². The van der Waals surface area contributed by atoms with Gasteiger partial charge in [-0.15, -0.1) is 23.7 Å². The normalized spacial score (nSPS) is 21.3. The number of fused-ring (bicyclic) bond motifs is 2. The number of carboxylic acids is 1. The summed E-state index contributed by atoms with van der Waals surface area (Å²) in [6.07, 6.45) is 0.696. The molecule has 242 valence electrons. The molecule has 16 heteroatoms. The van der Waals surface area contributed by atoms with Crippen molar-refractivity contribution in [2.24, 2.45) is 0 Å². The molecule has 3 aliphatic rings. The van der Waals surface area contributed by atoms with E-state index in [0.717, 1.165) is 16.0 Å². The van der Waals surface area contributed by atoms with Gasteiger partial charge in [0.2, 0.25) is 15.9 Å². The number of nitrogens with zero attached hydrogens (tertiary/aromatic N) is 5. The summed E-state index contributed by atoms with van der Waals surface area (Å²) in [5.74, 6) is -1.97. The molecular weight excluding hydrogens is 663 g/mol. The molecule has 2 aromatic carbocycles. The Labute approximate surface area is 276 Å². The summed E-state index contributed by atoms with van der Waals surface area (Å²) in [6, 6.07) is 9.17. The van der Waals surface area contributed by atoms with Crippen LogP contribution in [0.15, 0.2) is 41.3 Å². The summed E-state index contributed by atoms with van der Waals surface area (Å²) in [7, 11) is -4.02. The highest BCUT2D eigenvalue weighted by atomic mass is 35.5. The van der Waals surface area contributed by atoms with Crippen LogP contribution in [0.5, 0.6) is 0 Å². The monoisotopic (exact) mass is 695 g/mol. The van der Waals surface area contributed by atoms with Crippen LogP contribution >= 0.6 is 35.3 Å². The summed E-state index contributed by atoms with van der Waals surface area (Å²) in [5.41, 5.74) is 0.871. The van der Waals surface area contributed by atoms with E-state index in [4.69, 9.17) is 11.6 Å². The number of amides is 2. The lowest BCUT2D eigenvalue weighted by atomic mass is 10.1. The first-order chi connectivity index (χ1) is 21.0. The third-order valence-electron chi connectivity index (χ3n) is 8.41. The van der Waals surface area contributed by atoms with Crippen molar-refractivity contribution in [2.45, 2.75) is 36.9 Å². The maximum Gasteiger partial charge on any atom is 0.283 e. The average Bonchev–Trinajstić information content (AvgIpc) is 3.43. The average molecular weight is 697 g/mol. The first-order valence-electron chi connectivity index (χ1n) is 14.4. The number of sulfonamides is 1. The zero-order valence-corrected chi connectivity index (χ0v) is 27.7. The number of benzene rings is 2. The van der Waals surface area contributed by atoms with Crippen molar-refractivity contribution in [3.8, 4) is 0 Å². The van der Waals surface area contributed by atoms with Gasteiger partial charge in [-0.25, -0.2) is 13.4 Å². The maximum atomic E-state index is 14.0. The van der Waals surface area contributed by atoms with Crippen LogP contribution < -0.4 is 10.4 Å². The number of halogens is 2. The highest BCUT2D eigenvalue weighted by Crippen LogP contribution is 2.29. The molecule has 12 nitrogen and oxygen atoms in total. The number of aromatic nitrogens is 1. The van der Waals surface area contributed by atoms with Crippen molar-refractivity contribution in [1.29, 1.82) is 0 Å². The fraction of sp³-hybridized carbons (Fsp3) is 0.448. The number of piperazine rings is 2. The van der Waals surface area contributed by atoms with E-state index < -0.39 is 27.9 Å². The molecule has 0 saturated carbocycles. The van der Waals surface area contributed by atoms with Gasteiger partial charge in [-0.3, -0.25) is 14.5 Å². The SMILES string of the molecule is CC1Cc2nc(C(=O)N3CCN(S(=O)(=O)c4ccc5cc(Cl)ccc5c4)CC3C(=O)N3CCN(CC(=O)[O-])CC3)sc2CN1.Cl. The van der Waals surface area contributed by atoms with Gasteiger partial charge in [0, 0.05) is 81.3 Å². The maximum absolute atomic E-state index is 14.0. The van der Waals surface area contributed by atoms with Crippen LogP contribution in [0, 0.1) is 0 Å². The van der Waals surface area contributed by atoms with Gasteiger partial charge in [0.1, 0.15) is 6.04 Å². The molecule has 2 fully saturated rings. The summed E-state index contributed by atoms with van der Waals surface area (Å²) in [6.45, 7) is 3.40. The number of rotatable bonds is 6. The summed E-state index contributed by atoms with van der Waals surface area (Å²) in [4.78, 5) is 49.4. The third-order valence-corrected chi connectivity index (χ3v) is 11.6. The molecule has 0 spiro atoms. The molecule has 2 amide bonds. The first-order valence-corrected chi connectivity index (χ1v) is 17.1. The molecule has 4 heterocycles. The van der Waals surface area contributed by atoms with Crippen LogP contribution in [0.1, 0.15) is 27.3 Å². The van der Waals surface area contributed by atoms with Crippen molar-refractivity contribution in [2.75, 3.05) is 52.4 Å². The molecule has 45 heavy (non-hydrogen) atoms. The third kappa shape index (κ3) is 6.97. The van der Waals surface area contributed by atoms with Gasteiger partial charge in [0.05, 0.1) is 16.6 Å². The van der Waals surface area contributed by atoms with E-state index in [1.54, 1.807) is 40.1 Å². The van der Waals surface area contributed by atoms with Gasteiger partial charge < -0.3 is 25.0 Å². The number of carboxylic acid groups (broad SMARTS) is 1. The summed E-state index contributed by atoms with van der Waals surface area (Å²) in [5, 5.41) is 16.8. The van der Waals surface area contributed by atoms with Crippen LogP contribution in [-0.4, -0.2) is 115 Å².